The van der Waals surface area contributed by atoms with Crippen molar-refractivity contribution in [1.82, 2.24) is 10.2 Å². The Balaban J connectivity index is 2.04. The van der Waals surface area contributed by atoms with Crippen LogP contribution in [0.2, 0.25) is 0 Å². The Kier molecular flexibility index (Phi) is 5.16. The highest BCUT2D eigenvalue weighted by Gasteiger charge is 2.20. The fourth-order valence-electron chi connectivity index (χ4n) is 1.58. The summed E-state index contributed by atoms with van der Waals surface area (Å²) in [5.74, 6) is 0.446. The molecule has 0 saturated carbocycles. The number of carbonyl (C=O) groups is 1. The standard InChI is InChI=1S/C13H15N3O5S2/c1-8(21-10-7-5-4-6-9(10)20-2)11(17)14-12-15-16-13(22-12)23(3,18)19/h4-8H,1-3H3,(H,14,15,17)/t8-/m0/s1. The Hall–Kier alpha value is -2.20. The van der Waals surface area contributed by atoms with Gasteiger partial charge in [0.2, 0.25) is 19.3 Å². The average Bonchev–Trinajstić information content (AvgIpc) is 2.96. The van der Waals surface area contributed by atoms with Gasteiger partial charge in [0.15, 0.2) is 17.6 Å². The summed E-state index contributed by atoms with van der Waals surface area (Å²) in [6.07, 6.45) is 0.184. The van der Waals surface area contributed by atoms with Crippen molar-refractivity contribution < 1.29 is 22.7 Å². The zero-order valence-electron chi connectivity index (χ0n) is 12.6. The third-order valence-electron chi connectivity index (χ3n) is 2.70. The number of benzene rings is 1. The van der Waals surface area contributed by atoms with Gasteiger partial charge in [-0.15, -0.1) is 10.2 Å². The summed E-state index contributed by atoms with van der Waals surface area (Å²) in [4.78, 5) is 12.1. The second kappa shape index (κ2) is 6.92. The maximum absolute atomic E-state index is 12.1. The minimum Gasteiger partial charge on any atom is -0.493 e. The van der Waals surface area contributed by atoms with E-state index in [0.29, 0.717) is 11.5 Å². The number of nitrogens with zero attached hydrogens (tertiary/aromatic N) is 2. The van der Waals surface area contributed by atoms with Crippen LogP contribution in [0.1, 0.15) is 6.92 Å². The fourth-order valence-corrected chi connectivity index (χ4v) is 3.09. The van der Waals surface area contributed by atoms with Gasteiger partial charge in [-0.2, -0.15) is 0 Å². The molecule has 1 aromatic heterocycles. The zero-order valence-corrected chi connectivity index (χ0v) is 14.3. The number of ether oxygens (including phenoxy) is 2. The van der Waals surface area contributed by atoms with E-state index in [1.807, 2.05) is 0 Å². The maximum atomic E-state index is 12.1. The molecular formula is C13H15N3O5S2. The van der Waals surface area contributed by atoms with Gasteiger partial charge < -0.3 is 9.47 Å². The molecule has 0 radical (unpaired) electrons. The second-order valence-corrected chi connectivity index (χ2v) is 7.71. The third-order valence-corrected chi connectivity index (χ3v) is 5.20. The van der Waals surface area contributed by atoms with Crippen LogP contribution in [-0.4, -0.2) is 44.0 Å². The van der Waals surface area contributed by atoms with Gasteiger partial charge in [-0.3, -0.25) is 10.1 Å². The van der Waals surface area contributed by atoms with Crippen molar-refractivity contribution in [3.63, 3.8) is 0 Å². The number of rotatable bonds is 6. The lowest BCUT2D eigenvalue weighted by molar-refractivity contribution is -0.122. The van der Waals surface area contributed by atoms with Crippen LogP contribution in [0.4, 0.5) is 5.13 Å². The first kappa shape index (κ1) is 17.2. The quantitative estimate of drug-likeness (QED) is 0.778. The number of nitrogens with one attached hydrogen (secondary N) is 1. The van der Waals surface area contributed by atoms with E-state index in [9.17, 15) is 13.2 Å². The van der Waals surface area contributed by atoms with Gasteiger partial charge in [-0.1, -0.05) is 23.5 Å². The lowest BCUT2D eigenvalue weighted by atomic mass is 10.3. The molecule has 2 aromatic rings. The van der Waals surface area contributed by atoms with E-state index in [1.54, 1.807) is 31.2 Å². The van der Waals surface area contributed by atoms with Crippen molar-refractivity contribution in [1.29, 1.82) is 0 Å². The molecule has 23 heavy (non-hydrogen) atoms. The first-order chi connectivity index (χ1) is 10.8. The van der Waals surface area contributed by atoms with Crippen molar-refractivity contribution in [2.24, 2.45) is 0 Å². The molecule has 0 aliphatic rings. The molecule has 0 unspecified atom stereocenters. The van der Waals surface area contributed by atoms with E-state index in [1.165, 1.54) is 7.11 Å². The van der Waals surface area contributed by atoms with Crippen molar-refractivity contribution in [2.45, 2.75) is 17.4 Å². The molecule has 1 amide bonds. The van der Waals surface area contributed by atoms with E-state index in [-0.39, 0.29) is 9.47 Å². The van der Waals surface area contributed by atoms with Crippen molar-refractivity contribution in [2.75, 3.05) is 18.7 Å². The largest absolute Gasteiger partial charge is 0.493 e. The molecule has 10 heteroatoms. The highest BCUT2D eigenvalue weighted by atomic mass is 32.2. The molecule has 0 aliphatic heterocycles. The van der Waals surface area contributed by atoms with Crippen LogP contribution < -0.4 is 14.8 Å². The molecule has 0 fully saturated rings. The van der Waals surface area contributed by atoms with Crippen LogP contribution in [0.15, 0.2) is 28.6 Å². The molecular weight excluding hydrogens is 342 g/mol. The Morgan fingerprint density at radius 3 is 2.48 bits per heavy atom. The van der Waals surface area contributed by atoms with Crippen molar-refractivity contribution >= 4 is 32.2 Å². The van der Waals surface area contributed by atoms with Gasteiger partial charge in [0.1, 0.15) is 0 Å². The van der Waals surface area contributed by atoms with Gasteiger partial charge >= 0.3 is 0 Å². The Morgan fingerprint density at radius 1 is 1.26 bits per heavy atom. The molecule has 0 spiro atoms. The Morgan fingerprint density at radius 2 is 1.91 bits per heavy atom. The minimum absolute atomic E-state index is 0.0888. The van der Waals surface area contributed by atoms with Crippen LogP contribution in [0.5, 0.6) is 11.5 Å². The van der Waals surface area contributed by atoms with Crippen LogP contribution >= 0.6 is 11.3 Å². The number of para-hydroxylation sites is 2. The number of sulfone groups is 1. The van der Waals surface area contributed by atoms with Crippen molar-refractivity contribution in [3.05, 3.63) is 24.3 Å². The SMILES string of the molecule is COc1ccccc1O[C@@H](C)C(=O)Nc1nnc(S(C)(=O)=O)s1. The lowest BCUT2D eigenvalue weighted by Crippen LogP contribution is -2.30. The first-order valence-corrected chi connectivity index (χ1v) is 9.16. The van der Waals surface area contributed by atoms with E-state index >= 15 is 0 Å². The summed E-state index contributed by atoms with van der Waals surface area (Å²) in [6, 6.07) is 6.93. The molecule has 0 bridgehead atoms. The Bertz CT molecular complexity index is 803. The smallest absolute Gasteiger partial charge is 0.266 e. The zero-order chi connectivity index (χ0) is 17.0. The molecule has 2 rings (SSSR count). The molecule has 1 N–H and O–H groups in total. The molecule has 0 saturated heterocycles. The first-order valence-electron chi connectivity index (χ1n) is 6.45. The topological polar surface area (TPSA) is 107 Å². The minimum atomic E-state index is -3.45. The fraction of sp³-hybridized carbons (Fsp3) is 0.308. The highest BCUT2D eigenvalue weighted by molar-refractivity contribution is 7.92. The molecule has 1 atom stereocenters. The third kappa shape index (κ3) is 4.39. The van der Waals surface area contributed by atoms with E-state index < -0.39 is 21.8 Å². The number of carbonyl (C=O) groups excluding carboxylic acids is 1. The summed E-state index contributed by atoms with van der Waals surface area (Å²) in [7, 11) is -1.95. The van der Waals surface area contributed by atoms with Gasteiger partial charge in [-0.05, 0) is 19.1 Å². The van der Waals surface area contributed by atoms with Gasteiger partial charge in [0.25, 0.3) is 5.91 Å². The average molecular weight is 357 g/mol. The normalized spacial score (nSPS) is 12.5. The highest BCUT2D eigenvalue weighted by Crippen LogP contribution is 2.27. The monoisotopic (exact) mass is 357 g/mol. The Labute approximate surface area is 137 Å². The number of hydrogen-bond acceptors (Lipinski definition) is 8. The van der Waals surface area contributed by atoms with Crippen molar-refractivity contribution in [3.8, 4) is 11.5 Å². The molecule has 1 heterocycles. The number of aromatic nitrogens is 2. The second-order valence-electron chi connectivity index (χ2n) is 4.55. The summed E-state index contributed by atoms with van der Waals surface area (Å²) < 4.78 is 33.2. The van der Waals surface area contributed by atoms with Gasteiger partial charge in [0, 0.05) is 6.26 Å². The molecule has 0 aliphatic carbocycles. The van der Waals surface area contributed by atoms with Gasteiger partial charge in [0.05, 0.1) is 7.11 Å². The maximum Gasteiger partial charge on any atom is 0.266 e. The summed E-state index contributed by atoms with van der Waals surface area (Å²) in [5, 5.41) is 9.70. The van der Waals surface area contributed by atoms with E-state index in [0.717, 1.165) is 17.6 Å². The van der Waals surface area contributed by atoms with Crippen LogP contribution in [0, 0.1) is 0 Å². The molecule has 8 nitrogen and oxygen atoms in total. The van der Waals surface area contributed by atoms with Crippen LogP contribution in [0.3, 0.4) is 0 Å². The predicted molar refractivity (Wildman–Crippen MR) is 84.7 cm³/mol. The molecule has 124 valence electrons. The summed E-state index contributed by atoms with van der Waals surface area (Å²) >= 11 is 0.777. The predicted octanol–water partition coefficient (Wildman–Crippen LogP) is 1.36. The number of anilines is 1. The van der Waals surface area contributed by atoms with E-state index in [2.05, 4.69) is 15.5 Å². The van der Waals surface area contributed by atoms with Crippen LogP contribution in [-0.2, 0) is 14.6 Å². The van der Waals surface area contributed by atoms with Crippen LogP contribution in [0.25, 0.3) is 0 Å². The number of hydrogen-bond donors (Lipinski definition) is 1. The summed E-state index contributed by atoms with van der Waals surface area (Å²) in [6.45, 7) is 1.56. The van der Waals surface area contributed by atoms with Gasteiger partial charge in [-0.25, -0.2) is 8.42 Å². The number of amides is 1. The molecule has 1 aromatic carbocycles. The summed E-state index contributed by atoms with van der Waals surface area (Å²) in [5.41, 5.74) is 0. The number of methoxy groups -OCH3 is 1. The van der Waals surface area contributed by atoms with E-state index in [4.69, 9.17) is 9.47 Å². The lowest BCUT2D eigenvalue weighted by Gasteiger charge is -2.15.